The number of hydrogen-bond acceptors (Lipinski definition) is 6. The average molecular weight is 430 g/mol. The van der Waals surface area contributed by atoms with E-state index in [-0.39, 0.29) is 11.5 Å². The molecule has 3 heterocycles. The Morgan fingerprint density at radius 3 is 2.71 bits per heavy atom. The van der Waals surface area contributed by atoms with Crippen molar-refractivity contribution in [1.82, 2.24) is 25.1 Å². The maximum atomic E-state index is 12.8. The summed E-state index contributed by atoms with van der Waals surface area (Å²) in [4.78, 5) is 33.5. The molecule has 4 rings (SSSR count). The van der Waals surface area contributed by atoms with Crippen molar-refractivity contribution < 1.29 is 4.79 Å². The van der Waals surface area contributed by atoms with Gasteiger partial charge in [0, 0.05) is 36.9 Å². The third-order valence-electron chi connectivity index (χ3n) is 4.67. The highest BCUT2D eigenvalue weighted by atomic mass is 32.1. The third kappa shape index (κ3) is 4.60. The molecule has 0 bridgehead atoms. The van der Waals surface area contributed by atoms with E-state index in [0.29, 0.717) is 34.6 Å². The van der Waals surface area contributed by atoms with Crippen LogP contribution in [-0.4, -0.2) is 32.2 Å². The van der Waals surface area contributed by atoms with Gasteiger partial charge in [0.25, 0.3) is 11.5 Å². The molecule has 1 amide bonds. The third-order valence-corrected chi connectivity index (χ3v) is 5.51. The van der Waals surface area contributed by atoms with Crippen molar-refractivity contribution in [3.05, 3.63) is 86.9 Å². The first-order valence-corrected chi connectivity index (χ1v) is 10.5. The van der Waals surface area contributed by atoms with Crippen LogP contribution in [0.5, 0.6) is 0 Å². The highest BCUT2D eigenvalue weighted by Gasteiger charge is 2.12. The predicted octanol–water partition coefficient (Wildman–Crippen LogP) is 2.92. The van der Waals surface area contributed by atoms with Crippen molar-refractivity contribution >= 4 is 17.2 Å². The van der Waals surface area contributed by atoms with Crippen LogP contribution in [-0.2, 0) is 6.42 Å². The number of hydrogen-bond donors (Lipinski definition) is 2. The Bertz CT molecular complexity index is 1270. The molecule has 154 valence electrons. The van der Waals surface area contributed by atoms with Gasteiger partial charge in [-0.25, -0.2) is 14.6 Å². The molecule has 0 unspecified atom stereocenters. The largest absolute Gasteiger partial charge is 0.352 e. The van der Waals surface area contributed by atoms with Crippen molar-refractivity contribution in [3.8, 4) is 23.0 Å². The van der Waals surface area contributed by atoms with Gasteiger partial charge in [0.05, 0.1) is 27.8 Å². The van der Waals surface area contributed by atoms with Crippen molar-refractivity contribution in [1.29, 1.82) is 5.26 Å². The van der Waals surface area contributed by atoms with Crippen molar-refractivity contribution in [2.45, 2.75) is 12.8 Å². The molecule has 0 spiro atoms. The van der Waals surface area contributed by atoms with Gasteiger partial charge >= 0.3 is 0 Å². The minimum absolute atomic E-state index is 0.213. The molecule has 0 atom stereocenters. The maximum Gasteiger partial charge on any atom is 0.280 e. The van der Waals surface area contributed by atoms with Crippen LogP contribution in [0.25, 0.3) is 16.9 Å². The first kappa shape index (κ1) is 20.3. The quantitative estimate of drug-likeness (QED) is 0.437. The van der Waals surface area contributed by atoms with Gasteiger partial charge in [-0.05, 0) is 36.2 Å². The lowest BCUT2D eigenvalue weighted by Crippen LogP contribution is -2.25. The molecule has 2 N–H and O–H groups in total. The average Bonchev–Trinajstić information content (AvgIpc) is 3.46. The van der Waals surface area contributed by atoms with Crippen LogP contribution in [0.2, 0.25) is 0 Å². The summed E-state index contributed by atoms with van der Waals surface area (Å²) in [7, 11) is 0. The van der Waals surface area contributed by atoms with Gasteiger partial charge in [-0.1, -0.05) is 12.1 Å². The number of aromatic nitrogens is 4. The number of nitriles is 1. The van der Waals surface area contributed by atoms with E-state index >= 15 is 0 Å². The van der Waals surface area contributed by atoms with E-state index in [1.807, 2.05) is 5.38 Å². The fourth-order valence-corrected chi connectivity index (χ4v) is 3.71. The van der Waals surface area contributed by atoms with Gasteiger partial charge in [0.15, 0.2) is 5.82 Å². The van der Waals surface area contributed by atoms with E-state index < -0.39 is 0 Å². The van der Waals surface area contributed by atoms with Crippen molar-refractivity contribution in [2.75, 3.05) is 6.54 Å². The summed E-state index contributed by atoms with van der Waals surface area (Å²) in [5, 5.41) is 17.7. The first-order valence-electron chi connectivity index (χ1n) is 9.59. The molecule has 1 aromatic carbocycles. The van der Waals surface area contributed by atoms with Crippen LogP contribution >= 0.6 is 11.3 Å². The Morgan fingerprint density at radius 1 is 1.19 bits per heavy atom. The molecule has 0 radical (unpaired) electrons. The summed E-state index contributed by atoms with van der Waals surface area (Å²) in [6.07, 6.45) is 6.44. The number of amides is 1. The summed E-state index contributed by atoms with van der Waals surface area (Å²) in [5.74, 6) is 0.167. The van der Waals surface area contributed by atoms with E-state index in [0.717, 1.165) is 17.8 Å². The Kier molecular flexibility index (Phi) is 6.01. The molecule has 8 nitrogen and oxygen atoms in total. The van der Waals surface area contributed by atoms with Gasteiger partial charge in [-0.2, -0.15) is 5.26 Å². The van der Waals surface area contributed by atoms with Gasteiger partial charge < -0.3 is 5.32 Å². The number of nitrogens with zero attached hydrogens (tertiary/aromatic N) is 4. The van der Waals surface area contributed by atoms with Crippen LogP contribution < -0.4 is 10.9 Å². The van der Waals surface area contributed by atoms with E-state index in [1.54, 1.807) is 60.1 Å². The molecule has 0 fully saturated rings. The zero-order chi connectivity index (χ0) is 21.6. The second-order valence-electron chi connectivity index (χ2n) is 6.71. The molecule has 9 heteroatoms. The highest BCUT2D eigenvalue weighted by Crippen LogP contribution is 2.16. The number of thiazole rings is 1. The Hall–Kier alpha value is -4.03. The molecular weight excluding hydrogens is 412 g/mol. The molecule has 0 saturated carbocycles. The van der Waals surface area contributed by atoms with Crippen molar-refractivity contribution in [3.63, 3.8) is 0 Å². The maximum absolute atomic E-state index is 12.8. The van der Waals surface area contributed by atoms with Gasteiger partial charge in [-0.15, -0.1) is 11.3 Å². The summed E-state index contributed by atoms with van der Waals surface area (Å²) in [6, 6.07) is 12.1. The smallest absolute Gasteiger partial charge is 0.280 e. The Balaban J connectivity index is 1.41. The van der Waals surface area contributed by atoms with Crippen LogP contribution in [0.4, 0.5) is 0 Å². The number of carbonyl (C=O) groups excluding carboxylic acids is 1. The first-order chi connectivity index (χ1) is 15.2. The number of benzene rings is 1. The standard InChI is InChI=1S/C22H18N6O2S/c23-12-15-3-5-16(6-4-15)18-14-27-28(22(18)30)19-8-7-17(13-26-19)21(29)25-9-1-2-20-24-10-11-31-20/h3-8,10-11,13-14,27H,1-2,9H2,(H,25,29). The van der Waals surface area contributed by atoms with Gasteiger partial charge in [0.2, 0.25) is 0 Å². The van der Waals surface area contributed by atoms with Crippen LogP contribution in [0.3, 0.4) is 0 Å². The van der Waals surface area contributed by atoms with E-state index in [2.05, 4.69) is 26.5 Å². The molecule has 0 saturated heterocycles. The number of pyridine rings is 1. The molecule has 3 aromatic heterocycles. The summed E-state index contributed by atoms with van der Waals surface area (Å²) in [5.41, 5.74) is 1.85. The molecular formula is C22H18N6O2S. The monoisotopic (exact) mass is 430 g/mol. The van der Waals surface area contributed by atoms with E-state index in [4.69, 9.17) is 5.26 Å². The summed E-state index contributed by atoms with van der Waals surface area (Å²) >= 11 is 1.60. The van der Waals surface area contributed by atoms with Crippen LogP contribution in [0, 0.1) is 11.3 Å². The number of aromatic amines is 1. The molecule has 4 aromatic rings. The lowest BCUT2D eigenvalue weighted by molar-refractivity contribution is 0.0953. The number of rotatable bonds is 7. The Morgan fingerprint density at radius 2 is 2.03 bits per heavy atom. The molecule has 0 aliphatic rings. The van der Waals surface area contributed by atoms with Crippen LogP contribution in [0.15, 0.2) is 65.2 Å². The molecule has 0 aliphatic carbocycles. The summed E-state index contributed by atoms with van der Waals surface area (Å²) in [6.45, 7) is 0.546. The van der Waals surface area contributed by atoms with Gasteiger partial charge in [-0.3, -0.25) is 14.7 Å². The SMILES string of the molecule is N#Cc1ccc(-c2c[nH]n(-c3ccc(C(=O)NCCCc4nccs4)cn3)c2=O)cc1. The number of H-pyrrole nitrogens is 1. The second-order valence-corrected chi connectivity index (χ2v) is 7.69. The minimum atomic E-state index is -0.267. The Labute approximate surface area is 181 Å². The fraction of sp³-hybridized carbons (Fsp3) is 0.136. The molecule has 31 heavy (non-hydrogen) atoms. The topological polar surface area (TPSA) is 116 Å². The lowest BCUT2D eigenvalue weighted by atomic mass is 10.1. The zero-order valence-corrected chi connectivity index (χ0v) is 17.2. The predicted molar refractivity (Wildman–Crippen MR) is 117 cm³/mol. The second kappa shape index (κ2) is 9.19. The van der Waals surface area contributed by atoms with Crippen LogP contribution in [0.1, 0.15) is 27.3 Å². The van der Waals surface area contributed by atoms with E-state index in [9.17, 15) is 9.59 Å². The van der Waals surface area contributed by atoms with Crippen molar-refractivity contribution in [2.24, 2.45) is 0 Å². The van der Waals surface area contributed by atoms with Gasteiger partial charge in [0.1, 0.15) is 0 Å². The number of nitrogens with one attached hydrogen (secondary N) is 2. The lowest BCUT2D eigenvalue weighted by Gasteiger charge is -2.05. The number of carbonyl (C=O) groups is 1. The summed E-state index contributed by atoms with van der Waals surface area (Å²) < 4.78 is 1.31. The zero-order valence-electron chi connectivity index (χ0n) is 16.4. The minimum Gasteiger partial charge on any atom is -0.352 e. The molecule has 0 aliphatic heterocycles. The fourth-order valence-electron chi connectivity index (χ4n) is 3.04. The normalized spacial score (nSPS) is 10.5. The number of aryl methyl sites for hydroxylation is 1. The van der Waals surface area contributed by atoms with E-state index in [1.165, 1.54) is 10.9 Å². The highest BCUT2D eigenvalue weighted by molar-refractivity contribution is 7.09.